The Balaban J connectivity index is 1.78. The van der Waals surface area contributed by atoms with Crippen molar-refractivity contribution in [1.29, 1.82) is 0 Å². The SMILES string of the molecule is CC(C)(C)OC(=O)N1CCC2(C1)OCc1nc(Cl)ccc12. The van der Waals surface area contributed by atoms with Gasteiger partial charge in [-0.15, -0.1) is 0 Å². The van der Waals surface area contributed by atoms with Crippen molar-refractivity contribution in [3.8, 4) is 0 Å². The van der Waals surface area contributed by atoms with Gasteiger partial charge in [-0.05, 0) is 26.8 Å². The molecule has 1 spiro atoms. The van der Waals surface area contributed by atoms with Crippen molar-refractivity contribution in [2.24, 2.45) is 0 Å². The van der Waals surface area contributed by atoms with Crippen molar-refractivity contribution >= 4 is 17.7 Å². The van der Waals surface area contributed by atoms with Gasteiger partial charge >= 0.3 is 6.09 Å². The Bertz CT molecular complexity index is 585. The summed E-state index contributed by atoms with van der Waals surface area (Å²) in [7, 11) is 0. The van der Waals surface area contributed by atoms with Crippen molar-refractivity contribution < 1.29 is 14.3 Å². The highest BCUT2D eigenvalue weighted by atomic mass is 35.5. The quantitative estimate of drug-likeness (QED) is 0.691. The van der Waals surface area contributed by atoms with Gasteiger partial charge in [0.1, 0.15) is 16.4 Å². The number of hydrogen-bond acceptors (Lipinski definition) is 4. The number of aromatic nitrogens is 1. The van der Waals surface area contributed by atoms with Crippen LogP contribution in [0.4, 0.5) is 4.79 Å². The average Bonchev–Trinajstić information content (AvgIpc) is 2.94. The number of amides is 1. The third-order valence-corrected chi connectivity index (χ3v) is 4.01. The van der Waals surface area contributed by atoms with Gasteiger partial charge < -0.3 is 14.4 Å². The third kappa shape index (κ3) is 2.72. The fourth-order valence-electron chi connectivity index (χ4n) is 2.89. The van der Waals surface area contributed by atoms with Crippen LogP contribution in [0.25, 0.3) is 0 Å². The molecule has 2 aliphatic rings. The molecule has 2 aliphatic heterocycles. The number of carbonyl (C=O) groups excluding carboxylic acids is 1. The van der Waals surface area contributed by atoms with E-state index >= 15 is 0 Å². The lowest BCUT2D eigenvalue weighted by atomic mass is 9.94. The lowest BCUT2D eigenvalue weighted by molar-refractivity contribution is -0.0331. The molecule has 1 amide bonds. The summed E-state index contributed by atoms with van der Waals surface area (Å²) in [5, 5.41) is 0.469. The van der Waals surface area contributed by atoms with Crippen LogP contribution in [0.5, 0.6) is 0 Å². The zero-order chi connectivity index (χ0) is 15.3. The maximum atomic E-state index is 12.2. The first-order valence-corrected chi connectivity index (χ1v) is 7.45. The third-order valence-electron chi connectivity index (χ3n) is 3.80. The molecule has 0 aromatic carbocycles. The second-order valence-electron chi connectivity index (χ2n) is 6.56. The summed E-state index contributed by atoms with van der Waals surface area (Å²) in [4.78, 5) is 18.2. The van der Waals surface area contributed by atoms with Gasteiger partial charge in [0, 0.05) is 18.5 Å². The zero-order valence-corrected chi connectivity index (χ0v) is 13.2. The first-order chi connectivity index (χ1) is 9.79. The first kappa shape index (κ1) is 14.6. The van der Waals surface area contributed by atoms with Crippen molar-refractivity contribution in [3.05, 3.63) is 28.5 Å². The maximum absolute atomic E-state index is 12.2. The smallest absolute Gasteiger partial charge is 0.410 e. The van der Waals surface area contributed by atoms with Crippen LogP contribution in [0.3, 0.4) is 0 Å². The van der Waals surface area contributed by atoms with Crippen molar-refractivity contribution in [2.75, 3.05) is 13.1 Å². The second-order valence-corrected chi connectivity index (χ2v) is 6.95. The van der Waals surface area contributed by atoms with E-state index in [-0.39, 0.29) is 6.09 Å². The first-order valence-electron chi connectivity index (χ1n) is 7.07. The summed E-state index contributed by atoms with van der Waals surface area (Å²) in [5.41, 5.74) is 0.965. The van der Waals surface area contributed by atoms with E-state index < -0.39 is 11.2 Å². The zero-order valence-electron chi connectivity index (χ0n) is 12.5. The van der Waals surface area contributed by atoms with E-state index in [0.29, 0.717) is 24.8 Å². The van der Waals surface area contributed by atoms with Crippen LogP contribution >= 0.6 is 11.6 Å². The highest BCUT2D eigenvalue weighted by molar-refractivity contribution is 6.29. The number of hydrogen-bond donors (Lipinski definition) is 0. The van der Waals surface area contributed by atoms with Crippen LogP contribution in [-0.4, -0.2) is 34.7 Å². The van der Waals surface area contributed by atoms with Gasteiger partial charge in [0.25, 0.3) is 0 Å². The van der Waals surface area contributed by atoms with E-state index in [4.69, 9.17) is 21.1 Å². The van der Waals surface area contributed by atoms with E-state index in [0.717, 1.165) is 17.7 Å². The van der Waals surface area contributed by atoms with E-state index in [2.05, 4.69) is 4.98 Å². The van der Waals surface area contributed by atoms with Crippen LogP contribution < -0.4 is 0 Å². The molecule has 6 heteroatoms. The predicted molar refractivity (Wildman–Crippen MR) is 78.1 cm³/mol. The highest BCUT2D eigenvalue weighted by Crippen LogP contribution is 2.43. The number of halogens is 1. The summed E-state index contributed by atoms with van der Waals surface area (Å²) in [6.07, 6.45) is 0.459. The van der Waals surface area contributed by atoms with E-state index in [1.165, 1.54) is 0 Å². The fraction of sp³-hybridized carbons (Fsp3) is 0.600. The Morgan fingerprint density at radius 2 is 2.24 bits per heavy atom. The number of likely N-dealkylation sites (tertiary alicyclic amines) is 1. The monoisotopic (exact) mass is 310 g/mol. The Morgan fingerprint density at radius 3 is 2.95 bits per heavy atom. The number of carbonyl (C=O) groups is 1. The number of fused-ring (bicyclic) bond motifs is 2. The Labute approximate surface area is 129 Å². The minimum Gasteiger partial charge on any atom is -0.444 e. The molecule has 1 unspecified atom stereocenters. The molecule has 1 saturated heterocycles. The van der Waals surface area contributed by atoms with Crippen molar-refractivity contribution in [2.45, 2.75) is 45.0 Å². The number of pyridine rings is 1. The lowest BCUT2D eigenvalue weighted by Crippen LogP contribution is -2.38. The van der Waals surface area contributed by atoms with Gasteiger partial charge in [0.15, 0.2) is 0 Å². The molecule has 3 heterocycles. The van der Waals surface area contributed by atoms with Crippen LogP contribution in [0.2, 0.25) is 5.15 Å². The van der Waals surface area contributed by atoms with Crippen LogP contribution in [0.1, 0.15) is 38.4 Å². The largest absolute Gasteiger partial charge is 0.444 e. The van der Waals surface area contributed by atoms with E-state index in [1.54, 1.807) is 11.0 Å². The number of rotatable bonds is 0. The van der Waals surface area contributed by atoms with Crippen LogP contribution in [-0.2, 0) is 21.7 Å². The lowest BCUT2D eigenvalue weighted by Gasteiger charge is -2.27. The Morgan fingerprint density at radius 1 is 1.48 bits per heavy atom. The van der Waals surface area contributed by atoms with Gasteiger partial charge in [0.05, 0.1) is 18.8 Å². The van der Waals surface area contributed by atoms with Crippen LogP contribution in [0, 0.1) is 0 Å². The molecule has 1 atom stereocenters. The van der Waals surface area contributed by atoms with Gasteiger partial charge in [-0.25, -0.2) is 9.78 Å². The minimum atomic E-state index is -0.490. The molecular weight excluding hydrogens is 292 g/mol. The van der Waals surface area contributed by atoms with Gasteiger partial charge in [-0.3, -0.25) is 0 Å². The Hall–Kier alpha value is -1.33. The molecule has 3 rings (SSSR count). The number of nitrogens with zero attached hydrogens (tertiary/aromatic N) is 2. The average molecular weight is 311 g/mol. The van der Waals surface area contributed by atoms with Gasteiger partial charge in [0.2, 0.25) is 0 Å². The molecule has 21 heavy (non-hydrogen) atoms. The molecule has 1 fully saturated rings. The minimum absolute atomic E-state index is 0.293. The molecule has 0 radical (unpaired) electrons. The summed E-state index contributed by atoms with van der Waals surface area (Å²) < 4.78 is 11.4. The molecule has 0 bridgehead atoms. The highest BCUT2D eigenvalue weighted by Gasteiger charge is 2.48. The van der Waals surface area contributed by atoms with Gasteiger partial charge in [-0.2, -0.15) is 0 Å². The molecule has 0 aliphatic carbocycles. The Kier molecular flexibility index (Phi) is 3.37. The molecular formula is C15H19ClN2O3. The standard InChI is InChI=1S/C15H19ClN2O3/c1-14(2,3)21-13(19)18-7-6-15(9-18)10-4-5-12(16)17-11(10)8-20-15/h4-5H,6-9H2,1-3H3. The molecule has 114 valence electrons. The van der Waals surface area contributed by atoms with E-state index in [1.807, 2.05) is 26.8 Å². The molecule has 5 nitrogen and oxygen atoms in total. The molecule has 0 saturated carbocycles. The fourth-order valence-corrected chi connectivity index (χ4v) is 3.05. The summed E-state index contributed by atoms with van der Waals surface area (Å²) in [6.45, 7) is 7.16. The number of ether oxygens (including phenoxy) is 2. The van der Waals surface area contributed by atoms with Crippen LogP contribution in [0.15, 0.2) is 12.1 Å². The van der Waals surface area contributed by atoms with Gasteiger partial charge in [-0.1, -0.05) is 17.7 Å². The normalized spacial score (nSPS) is 24.5. The van der Waals surface area contributed by atoms with Crippen molar-refractivity contribution in [1.82, 2.24) is 9.88 Å². The van der Waals surface area contributed by atoms with E-state index in [9.17, 15) is 4.79 Å². The van der Waals surface area contributed by atoms with Crippen molar-refractivity contribution in [3.63, 3.8) is 0 Å². The molecule has 1 aromatic heterocycles. The summed E-state index contributed by atoms with van der Waals surface area (Å²) in [5.74, 6) is 0. The predicted octanol–water partition coefficient (Wildman–Crippen LogP) is 3.10. The molecule has 0 N–H and O–H groups in total. The second kappa shape index (κ2) is 4.85. The maximum Gasteiger partial charge on any atom is 0.410 e. The summed E-state index contributed by atoms with van der Waals surface area (Å²) >= 11 is 5.92. The topological polar surface area (TPSA) is 51.7 Å². The molecule has 1 aromatic rings. The summed E-state index contributed by atoms with van der Waals surface area (Å²) in [6, 6.07) is 3.73.